The molecule has 4 nitrogen and oxygen atoms in total. The summed E-state index contributed by atoms with van der Waals surface area (Å²) in [6.07, 6.45) is 0.920. The van der Waals surface area contributed by atoms with Crippen LogP contribution in [-0.2, 0) is 4.79 Å². The molecule has 0 aromatic rings. The topological polar surface area (TPSA) is 44.4 Å². The number of hydrogen-bond donors (Lipinski definition) is 2. The van der Waals surface area contributed by atoms with Crippen LogP contribution in [0.15, 0.2) is 0 Å². The summed E-state index contributed by atoms with van der Waals surface area (Å²) in [6, 6.07) is 1.14. The van der Waals surface area contributed by atoms with Crippen molar-refractivity contribution in [3.63, 3.8) is 0 Å². The van der Waals surface area contributed by atoms with E-state index in [0.717, 1.165) is 19.5 Å². The molecule has 1 saturated heterocycles. The van der Waals surface area contributed by atoms with Crippen LogP contribution in [0, 0.1) is 5.92 Å². The molecule has 1 rings (SSSR count). The van der Waals surface area contributed by atoms with Crippen molar-refractivity contribution < 1.29 is 4.79 Å². The van der Waals surface area contributed by atoms with Gasteiger partial charge in [0.1, 0.15) is 0 Å². The van der Waals surface area contributed by atoms with E-state index in [4.69, 9.17) is 0 Å². The molecule has 0 spiro atoms. The van der Waals surface area contributed by atoms with Crippen LogP contribution >= 0.6 is 0 Å². The number of amides is 1. The highest BCUT2D eigenvalue weighted by molar-refractivity contribution is 5.82. The molecule has 1 fully saturated rings. The summed E-state index contributed by atoms with van der Waals surface area (Å²) in [5, 5.41) is 6.61. The zero-order valence-electron chi connectivity index (χ0n) is 13.4. The Morgan fingerprint density at radius 3 is 2.26 bits per heavy atom. The van der Waals surface area contributed by atoms with Crippen molar-refractivity contribution in [1.29, 1.82) is 0 Å². The van der Waals surface area contributed by atoms with Gasteiger partial charge in [-0.1, -0.05) is 27.7 Å². The number of nitrogens with one attached hydrogen (secondary N) is 2. The van der Waals surface area contributed by atoms with Crippen molar-refractivity contribution in [3.8, 4) is 0 Å². The summed E-state index contributed by atoms with van der Waals surface area (Å²) in [4.78, 5) is 14.6. The van der Waals surface area contributed by atoms with Gasteiger partial charge in [0.05, 0.1) is 6.04 Å². The van der Waals surface area contributed by atoms with Gasteiger partial charge in [-0.3, -0.25) is 9.69 Å². The van der Waals surface area contributed by atoms with E-state index in [1.54, 1.807) is 0 Å². The van der Waals surface area contributed by atoms with Crippen LogP contribution in [-0.4, -0.2) is 48.1 Å². The Labute approximate surface area is 118 Å². The Kier molecular flexibility index (Phi) is 6.27. The molecule has 4 heteroatoms. The van der Waals surface area contributed by atoms with Crippen LogP contribution in [0.4, 0.5) is 0 Å². The van der Waals surface area contributed by atoms with Gasteiger partial charge >= 0.3 is 0 Å². The van der Waals surface area contributed by atoms with Crippen LogP contribution in [0.3, 0.4) is 0 Å². The third-order valence-electron chi connectivity index (χ3n) is 3.31. The fourth-order valence-electron chi connectivity index (χ4n) is 2.82. The first-order chi connectivity index (χ1) is 8.79. The Hall–Kier alpha value is -0.610. The van der Waals surface area contributed by atoms with E-state index in [1.165, 1.54) is 0 Å². The van der Waals surface area contributed by atoms with Gasteiger partial charge in [-0.05, 0) is 26.2 Å². The van der Waals surface area contributed by atoms with Crippen molar-refractivity contribution in [2.24, 2.45) is 5.92 Å². The second kappa shape index (κ2) is 7.25. The molecule has 19 heavy (non-hydrogen) atoms. The number of rotatable bonds is 6. The summed E-state index contributed by atoms with van der Waals surface area (Å²) in [6.45, 7) is 14.7. The number of carbonyl (C=O) groups is 1. The second-order valence-electron chi connectivity index (χ2n) is 6.78. The van der Waals surface area contributed by atoms with Crippen LogP contribution < -0.4 is 10.6 Å². The number of hydrogen-bond acceptors (Lipinski definition) is 3. The maximum atomic E-state index is 12.3. The molecule has 0 aliphatic carbocycles. The van der Waals surface area contributed by atoms with E-state index in [-0.39, 0.29) is 18.0 Å². The third-order valence-corrected chi connectivity index (χ3v) is 3.31. The van der Waals surface area contributed by atoms with E-state index < -0.39 is 0 Å². The second-order valence-corrected chi connectivity index (χ2v) is 6.78. The zero-order valence-corrected chi connectivity index (χ0v) is 13.4. The first-order valence-corrected chi connectivity index (χ1v) is 7.60. The van der Waals surface area contributed by atoms with Crippen LogP contribution in [0.5, 0.6) is 0 Å². The molecule has 0 aromatic carbocycles. The SMILES string of the molecule is CC(C)CN1C[C@H](NC(C)C)C[C@H]1C(=O)NC(C)C. The van der Waals surface area contributed by atoms with Crippen LogP contribution in [0.25, 0.3) is 0 Å². The minimum atomic E-state index is 0.0287. The summed E-state index contributed by atoms with van der Waals surface area (Å²) < 4.78 is 0. The van der Waals surface area contributed by atoms with Gasteiger partial charge in [-0.15, -0.1) is 0 Å². The molecule has 2 N–H and O–H groups in total. The molecule has 0 radical (unpaired) electrons. The number of carbonyl (C=O) groups excluding carboxylic acids is 1. The lowest BCUT2D eigenvalue weighted by atomic mass is 10.1. The fraction of sp³-hybridized carbons (Fsp3) is 0.933. The van der Waals surface area contributed by atoms with Crippen LogP contribution in [0.1, 0.15) is 48.0 Å². The molecule has 1 amide bonds. The standard InChI is InChI=1S/C15H31N3O/c1-10(2)8-18-9-13(16-11(3)4)7-14(18)15(19)17-12(5)6/h10-14,16H,7-9H2,1-6H3,(H,17,19)/t13-,14+/m1/s1. The molecule has 0 saturated carbocycles. The highest BCUT2D eigenvalue weighted by Crippen LogP contribution is 2.20. The van der Waals surface area contributed by atoms with Crippen molar-refractivity contribution >= 4 is 5.91 Å². The normalized spacial score (nSPS) is 24.7. The number of nitrogens with zero attached hydrogens (tertiary/aromatic N) is 1. The van der Waals surface area contributed by atoms with E-state index in [2.05, 4.69) is 43.2 Å². The molecule has 1 heterocycles. The lowest BCUT2D eigenvalue weighted by molar-refractivity contribution is -0.126. The lowest BCUT2D eigenvalue weighted by Crippen LogP contribution is -2.46. The Morgan fingerprint density at radius 1 is 1.16 bits per heavy atom. The Morgan fingerprint density at radius 2 is 1.79 bits per heavy atom. The van der Waals surface area contributed by atoms with Gasteiger partial charge < -0.3 is 10.6 Å². The van der Waals surface area contributed by atoms with Gasteiger partial charge in [-0.2, -0.15) is 0 Å². The van der Waals surface area contributed by atoms with E-state index in [9.17, 15) is 4.79 Å². The molecule has 1 aliphatic rings. The maximum Gasteiger partial charge on any atom is 0.237 e. The average molecular weight is 269 g/mol. The van der Waals surface area contributed by atoms with Gasteiger partial charge in [0.25, 0.3) is 0 Å². The fourth-order valence-corrected chi connectivity index (χ4v) is 2.82. The quantitative estimate of drug-likeness (QED) is 0.770. The smallest absolute Gasteiger partial charge is 0.237 e. The first kappa shape index (κ1) is 16.4. The monoisotopic (exact) mass is 269 g/mol. The molecule has 112 valence electrons. The molecule has 2 atom stereocenters. The van der Waals surface area contributed by atoms with Crippen molar-refractivity contribution in [2.75, 3.05) is 13.1 Å². The van der Waals surface area contributed by atoms with E-state index in [1.807, 2.05) is 13.8 Å². The third kappa shape index (κ3) is 5.49. The van der Waals surface area contributed by atoms with Crippen molar-refractivity contribution in [1.82, 2.24) is 15.5 Å². The first-order valence-electron chi connectivity index (χ1n) is 7.60. The van der Waals surface area contributed by atoms with E-state index >= 15 is 0 Å². The Balaban J connectivity index is 2.65. The highest BCUT2D eigenvalue weighted by atomic mass is 16.2. The maximum absolute atomic E-state index is 12.3. The molecule has 0 unspecified atom stereocenters. The van der Waals surface area contributed by atoms with Crippen molar-refractivity contribution in [3.05, 3.63) is 0 Å². The predicted molar refractivity (Wildman–Crippen MR) is 80.2 cm³/mol. The zero-order chi connectivity index (χ0) is 14.6. The predicted octanol–water partition coefficient (Wildman–Crippen LogP) is 1.61. The lowest BCUT2D eigenvalue weighted by Gasteiger charge is -2.25. The minimum Gasteiger partial charge on any atom is -0.353 e. The highest BCUT2D eigenvalue weighted by Gasteiger charge is 2.36. The summed E-state index contributed by atoms with van der Waals surface area (Å²) >= 11 is 0. The molecular formula is C15H31N3O. The Bertz CT molecular complexity index is 289. The molecule has 0 aromatic heterocycles. The largest absolute Gasteiger partial charge is 0.353 e. The minimum absolute atomic E-state index is 0.0287. The van der Waals surface area contributed by atoms with E-state index in [0.29, 0.717) is 18.0 Å². The summed E-state index contributed by atoms with van der Waals surface area (Å²) in [5.41, 5.74) is 0. The van der Waals surface area contributed by atoms with Gasteiger partial charge in [0.2, 0.25) is 5.91 Å². The van der Waals surface area contributed by atoms with Gasteiger partial charge in [0, 0.05) is 31.2 Å². The van der Waals surface area contributed by atoms with Gasteiger partial charge in [0.15, 0.2) is 0 Å². The van der Waals surface area contributed by atoms with Gasteiger partial charge in [-0.25, -0.2) is 0 Å². The summed E-state index contributed by atoms with van der Waals surface area (Å²) in [7, 11) is 0. The van der Waals surface area contributed by atoms with Crippen LogP contribution in [0.2, 0.25) is 0 Å². The molecular weight excluding hydrogens is 238 g/mol. The summed E-state index contributed by atoms with van der Waals surface area (Å²) in [5.74, 6) is 0.774. The van der Waals surface area contributed by atoms with Crippen molar-refractivity contribution in [2.45, 2.75) is 72.1 Å². The molecule has 1 aliphatic heterocycles. The number of likely N-dealkylation sites (tertiary alicyclic amines) is 1. The molecule has 0 bridgehead atoms. The average Bonchev–Trinajstić information content (AvgIpc) is 2.57.